The molecule has 2 rings (SSSR count). The molecule has 118 valence electrons. The molecule has 1 saturated heterocycles. The number of rotatable bonds is 2. The monoisotopic (exact) mass is 300 g/mol. The van der Waals surface area contributed by atoms with E-state index in [4.69, 9.17) is 5.26 Å². The van der Waals surface area contributed by atoms with Gasteiger partial charge in [0.1, 0.15) is 17.6 Å². The fourth-order valence-electron chi connectivity index (χ4n) is 2.84. The van der Waals surface area contributed by atoms with Crippen molar-refractivity contribution in [2.75, 3.05) is 25.0 Å². The minimum atomic E-state index is -0.365. The van der Waals surface area contributed by atoms with Crippen molar-refractivity contribution in [3.63, 3.8) is 0 Å². The number of likely N-dealkylation sites (N-methyl/N-ethyl adjacent to an activating group) is 1. The molecule has 0 N–H and O–H groups in total. The standard InChI is InChI=1S/C17H24N4O/c1-17(2,3)16(22)20(4)14-8-6-10-21(12-14)15-9-5-7-13(11-18)19-15/h5,7,9,14H,6,8,10,12H2,1-4H3. The van der Waals surface area contributed by atoms with Crippen LogP contribution in [0.3, 0.4) is 0 Å². The molecule has 1 aromatic rings. The summed E-state index contributed by atoms with van der Waals surface area (Å²) in [6.45, 7) is 7.52. The number of hydrogen-bond acceptors (Lipinski definition) is 4. The Bertz CT molecular complexity index is 585. The van der Waals surface area contributed by atoms with E-state index >= 15 is 0 Å². The van der Waals surface area contributed by atoms with Crippen molar-refractivity contribution in [3.05, 3.63) is 23.9 Å². The number of nitriles is 1. The predicted molar refractivity (Wildman–Crippen MR) is 86.4 cm³/mol. The van der Waals surface area contributed by atoms with Crippen molar-refractivity contribution >= 4 is 11.7 Å². The third-order valence-electron chi connectivity index (χ3n) is 4.08. The molecule has 5 nitrogen and oxygen atoms in total. The van der Waals surface area contributed by atoms with Crippen molar-refractivity contribution < 1.29 is 4.79 Å². The second-order valence-electron chi connectivity index (χ2n) is 6.90. The number of nitrogens with zero attached hydrogens (tertiary/aromatic N) is 4. The summed E-state index contributed by atoms with van der Waals surface area (Å²) in [6, 6.07) is 7.75. The number of carbonyl (C=O) groups is 1. The fraction of sp³-hybridized carbons (Fsp3) is 0.588. The first kappa shape index (κ1) is 16.3. The molecule has 0 spiro atoms. The van der Waals surface area contributed by atoms with Gasteiger partial charge in [-0.25, -0.2) is 4.98 Å². The molecule has 1 aliphatic heterocycles. The average molecular weight is 300 g/mol. The highest BCUT2D eigenvalue weighted by molar-refractivity contribution is 5.81. The first-order valence-corrected chi connectivity index (χ1v) is 7.72. The highest BCUT2D eigenvalue weighted by atomic mass is 16.2. The van der Waals surface area contributed by atoms with Crippen LogP contribution in [0.2, 0.25) is 0 Å². The van der Waals surface area contributed by atoms with Gasteiger partial charge in [0, 0.05) is 31.6 Å². The number of anilines is 1. The zero-order valence-electron chi connectivity index (χ0n) is 13.8. The van der Waals surface area contributed by atoms with Gasteiger partial charge in [0.15, 0.2) is 0 Å². The molecule has 5 heteroatoms. The second kappa shape index (κ2) is 6.35. The normalized spacial score (nSPS) is 18.7. The van der Waals surface area contributed by atoms with Gasteiger partial charge in [0.05, 0.1) is 0 Å². The van der Waals surface area contributed by atoms with Crippen LogP contribution in [0.25, 0.3) is 0 Å². The Morgan fingerprint density at radius 3 is 2.82 bits per heavy atom. The summed E-state index contributed by atoms with van der Waals surface area (Å²) in [5, 5.41) is 8.98. The van der Waals surface area contributed by atoms with Gasteiger partial charge in [-0.15, -0.1) is 0 Å². The van der Waals surface area contributed by atoms with E-state index < -0.39 is 0 Å². The molecule has 0 bridgehead atoms. The van der Waals surface area contributed by atoms with Crippen LogP contribution in [0, 0.1) is 16.7 Å². The lowest BCUT2D eigenvalue weighted by Crippen LogP contribution is -2.51. The van der Waals surface area contributed by atoms with Crippen LogP contribution in [0.15, 0.2) is 18.2 Å². The molecule has 1 aromatic heterocycles. The Labute approximate surface area is 132 Å². The summed E-state index contributed by atoms with van der Waals surface area (Å²) in [5.41, 5.74) is 0.0643. The SMILES string of the molecule is CN(C(=O)C(C)(C)C)C1CCCN(c2cccc(C#N)n2)C1. The first-order valence-electron chi connectivity index (χ1n) is 7.72. The van der Waals surface area contributed by atoms with Crippen LogP contribution in [0.1, 0.15) is 39.3 Å². The number of pyridine rings is 1. The third kappa shape index (κ3) is 3.56. The predicted octanol–water partition coefficient (Wildman–Crippen LogP) is 2.43. The molecular formula is C17H24N4O. The number of piperidine rings is 1. The maximum absolute atomic E-state index is 12.5. The van der Waals surface area contributed by atoms with E-state index in [1.165, 1.54) is 0 Å². The Morgan fingerprint density at radius 2 is 2.18 bits per heavy atom. The van der Waals surface area contributed by atoms with E-state index in [9.17, 15) is 4.79 Å². The molecule has 0 radical (unpaired) electrons. The molecule has 1 aliphatic rings. The Morgan fingerprint density at radius 1 is 1.45 bits per heavy atom. The van der Waals surface area contributed by atoms with Gasteiger partial charge in [-0.3, -0.25) is 4.79 Å². The Hall–Kier alpha value is -2.09. The van der Waals surface area contributed by atoms with Gasteiger partial charge in [0.2, 0.25) is 5.91 Å². The number of aromatic nitrogens is 1. The minimum Gasteiger partial charge on any atom is -0.355 e. The number of carbonyl (C=O) groups excluding carboxylic acids is 1. The lowest BCUT2D eigenvalue weighted by atomic mass is 9.93. The topological polar surface area (TPSA) is 60.2 Å². The lowest BCUT2D eigenvalue weighted by molar-refractivity contribution is -0.140. The largest absolute Gasteiger partial charge is 0.355 e. The van der Waals surface area contributed by atoms with Crippen molar-refractivity contribution in [2.24, 2.45) is 5.41 Å². The van der Waals surface area contributed by atoms with Gasteiger partial charge in [0.25, 0.3) is 0 Å². The first-order chi connectivity index (χ1) is 10.3. The quantitative estimate of drug-likeness (QED) is 0.841. The Kier molecular flexibility index (Phi) is 4.70. The van der Waals surface area contributed by atoms with E-state index in [1.807, 2.05) is 44.9 Å². The smallest absolute Gasteiger partial charge is 0.227 e. The summed E-state index contributed by atoms with van der Waals surface area (Å²) in [7, 11) is 1.89. The highest BCUT2D eigenvalue weighted by Crippen LogP contribution is 2.24. The highest BCUT2D eigenvalue weighted by Gasteiger charge is 2.32. The maximum atomic E-state index is 12.5. The van der Waals surface area contributed by atoms with Crippen molar-refractivity contribution in [1.29, 1.82) is 5.26 Å². The van der Waals surface area contributed by atoms with Gasteiger partial charge >= 0.3 is 0 Å². The van der Waals surface area contributed by atoms with E-state index in [1.54, 1.807) is 6.07 Å². The number of hydrogen-bond donors (Lipinski definition) is 0. The van der Waals surface area contributed by atoms with E-state index in [2.05, 4.69) is 16.0 Å². The van der Waals surface area contributed by atoms with Gasteiger partial charge in [-0.2, -0.15) is 5.26 Å². The summed E-state index contributed by atoms with van der Waals surface area (Å²) in [5.74, 6) is 0.985. The van der Waals surface area contributed by atoms with Crippen LogP contribution in [-0.4, -0.2) is 42.0 Å². The third-order valence-corrected chi connectivity index (χ3v) is 4.08. The van der Waals surface area contributed by atoms with Crippen molar-refractivity contribution in [3.8, 4) is 6.07 Å². The molecule has 22 heavy (non-hydrogen) atoms. The maximum Gasteiger partial charge on any atom is 0.227 e. The fourth-order valence-corrected chi connectivity index (χ4v) is 2.84. The van der Waals surface area contributed by atoms with E-state index in [-0.39, 0.29) is 17.4 Å². The molecule has 1 fully saturated rings. The molecule has 1 unspecified atom stereocenters. The summed E-state index contributed by atoms with van der Waals surface area (Å²) >= 11 is 0. The molecule has 2 heterocycles. The molecule has 1 amide bonds. The molecular weight excluding hydrogens is 276 g/mol. The zero-order valence-corrected chi connectivity index (χ0v) is 13.8. The molecule has 0 saturated carbocycles. The van der Waals surface area contributed by atoms with Gasteiger partial charge in [-0.1, -0.05) is 26.8 Å². The summed E-state index contributed by atoms with van der Waals surface area (Å²) < 4.78 is 0. The Balaban J connectivity index is 2.12. The van der Waals surface area contributed by atoms with Crippen LogP contribution in [-0.2, 0) is 4.79 Å². The van der Waals surface area contributed by atoms with Crippen molar-refractivity contribution in [2.45, 2.75) is 39.7 Å². The van der Waals surface area contributed by atoms with Gasteiger partial charge < -0.3 is 9.80 Å². The second-order valence-corrected chi connectivity index (χ2v) is 6.90. The van der Waals surface area contributed by atoms with Crippen LogP contribution in [0.5, 0.6) is 0 Å². The zero-order chi connectivity index (χ0) is 16.3. The molecule has 0 aliphatic carbocycles. The van der Waals surface area contributed by atoms with Crippen LogP contribution < -0.4 is 4.90 Å². The summed E-state index contributed by atoms with van der Waals surface area (Å²) in [4.78, 5) is 20.9. The lowest BCUT2D eigenvalue weighted by Gasteiger charge is -2.40. The molecule has 0 aromatic carbocycles. The molecule has 1 atom stereocenters. The van der Waals surface area contributed by atoms with E-state index in [0.717, 1.165) is 31.7 Å². The average Bonchev–Trinajstić information content (AvgIpc) is 2.52. The van der Waals surface area contributed by atoms with E-state index in [0.29, 0.717) is 5.69 Å². The van der Waals surface area contributed by atoms with Crippen molar-refractivity contribution in [1.82, 2.24) is 9.88 Å². The summed E-state index contributed by atoms with van der Waals surface area (Å²) in [6.07, 6.45) is 2.03. The van der Waals surface area contributed by atoms with Gasteiger partial charge in [-0.05, 0) is 25.0 Å². The van der Waals surface area contributed by atoms with Crippen LogP contribution >= 0.6 is 0 Å². The van der Waals surface area contributed by atoms with Crippen LogP contribution in [0.4, 0.5) is 5.82 Å². The minimum absolute atomic E-state index is 0.165. The number of amides is 1.